The fraction of sp³-hybridized carbons (Fsp3) is 0.938. The first-order valence-electron chi connectivity index (χ1n) is 8.26. The van der Waals surface area contributed by atoms with Gasteiger partial charge in [-0.2, -0.15) is 0 Å². The maximum Gasteiger partial charge on any atom is 0.221 e. The van der Waals surface area contributed by atoms with Crippen molar-refractivity contribution in [3.63, 3.8) is 0 Å². The van der Waals surface area contributed by atoms with Crippen LogP contribution in [0.1, 0.15) is 70.6 Å². The van der Waals surface area contributed by atoms with E-state index in [1.165, 1.54) is 25.7 Å². The van der Waals surface area contributed by atoms with Gasteiger partial charge in [-0.15, -0.1) is 0 Å². The quantitative estimate of drug-likeness (QED) is 0.724. The fourth-order valence-corrected chi connectivity index (χ4v) is 3.76. The summed E-state index contributed by atoms with van der Waals surface area (Å²) < 4.78 is 0. The summed E-state index contributed by atoms with van der Waals surface area (Å²) in [4.78, 5) is 12.2. The minimum absolute atomic E-state index is 0.0164. The van der Waals surface area contributed by atoms with Crippen LogP contribution >= 0.6 is 0 Å². The molecule has 0 spiro atoms. The van der Waals surface area contributed by atoms with Crippen LogP contribution in [0, 0.1) is 0 Å². The van der Waals surface area contributed by atoms with Crippen molar-refractivity contribution >= 4 is 5.91 Å². The maximum absolute atomic E-state index is 12.2. The van der Waals surface area contributed by atoms with Gasteiger partial charge in [0.1, 0.15) is 0 Å². The van der Waals surface area contributed by atoms with Crippen LogP contribution in [0.15, 0.2) is 0 Å². The van der Waals surface area contributed by atoms with E-state index in [2.05, 4.69) is 10.6 Å². The lowest BCUT2D eigenvalue weighted by molar-refractivity contribution is -0.124. The van der Waals surface area contributed by atoms with Crippen molar-refractivity contribution in [3.05, 3.63) is 0 Å². The van der Waals surface area contributed by atoms with Crippen molar-refractivity contribution in [3.8, 4) is 0 Å². The summed E-state index contributed by atoms with van der Waals surface area (Å²) in [6, 6.07) is 0. The van der Waals surface area contributed by atoms with Gasteiger partial charge in [-0.05, 0) is 32.7 Å². The lowest BCUT2D eigenvalue weighted by Crippen LogP contribution is -2.50. The molecule has 4 nitrogen and oxygen atoms in total. The van der Waals surface area contributed by atoms with Crippen molar-refractivity contribution in [1.29, 1.82) is 0 Å². The summed E-state index contributed by atoms with van der Waals surface area (Å²) in [6.45, 7) is 0.422. The highest BCUT2D eigenvalue weighted by molar-refractivity contribution is 5.77. The molecule has 2 fully saturated rings. The zero-order valence-corrected chi connectivity index (χ0v) is 12.8. The first kappa shape index (κ1) is 15.8. The Kier molecular flexibility index (Phi) is 5.44. The smallest absolute Gasteiger partial charge is 0.221 e. The van der Waals surface area contributed by atoms with E-state index in [9.17, 15) is 9.90 Å². The summed E-state index contributed by atoms with van der Waals surface area (Å²) in [6.07, 6.45) is 11.4. The van der Waals surface area contributed by atoms with Gasteiger partial charge < -0.3 is 15.7 Å². The predicted octanol–water partition coefficient (Wildman–Crippen LogP) is 2.11. The summed E-state index contributed by atoms with van der Waals surface area (Å²) in [5.74, 6) is 0.0836. The van der Waals surface area contributed by atoms with Crippen molar-refractivity contribution in [1.82, 2.24) is 10.6 Å². The van der Waals surface area contributed by atoms with Gasteiger partial charge in [0.05, 0.1) is 5.60 Å². The van der Waals surface area contributed by atoms with E-state index in [0.717, 1.165) is 38.5 Å². The number of rotatable bonds is 5. The molecule has 2 aliphatic rings. The number of carbonyl (C=O) groups is 1. The number of nitrogens with one attached hydrogen (secondary N) is 2. The van der Waals surface area contributed by atoms with E-state index in [4.69, 9.17) is 0 Å². The molecule has 0 saturated heterocycles. The maximum atomic E-state index is 12.2. The molecule has 0 heterocycles. The minimum atomic E-state index is -0.659. The van der Waals surface area contributed by atoms with Crippen LogP contribution in [-0.4, -0.2) is 35.7 Å². The number of aliphatic hydroxyl groups is 1. The van der Waals surface area contributed by atoms with E-state index >= 15 is 0 Å². The predicted molar refractivity (Wildman–Crippen MR) is 80.5 cm³/mol. The second-order valence-electron chi connectivity index (χ2n) is 6.83. The van der Waals surface area contributed by atoms with Crippen LogP contribution in [0.4, 0.5) is 0 Å². The Morgan fingerprint density at radius 2 is 1.55 bits per heavy atom. The second-order valence-corrected chi connectivity index (χ2v) is 6.83. The van der Waals surface area contributed by atoms with Crippen LogP contribution in [0.3, 0.4) is 0 Å². The van der Waals surface area contributed by atoms with Crippen LogP contribution in [0.25, 0.3) is 0 Å². The lowest BCUT2D eigenvalue weighted by Gasteiger charge is -2.37. The zero-order chi connectivity index (χ0) is 14.5. The van der Waals surface area contributed by atoms with Crippen LogP contribution in [0.2, 0.25) is 0 Å². The van der Waals surface area contributed by atoms with Crippen molar-refractivity contribution < 1.29 is 9.90 Å². The number of hydrogen-bond acceptors (Lipinski definition) is 3. The third kappa shape index (κ3) is 4.19. The third-order valence-corrected chi connectivity index (χ3v) is 5.24. The molecule has 0 unspecified atom stereocenters. The Hall–Kier alpha value is -0.610. The van der Waals surface area contributed by atoms with Gasteiger partial charge in [-0.3, -0.25) is 4.79 Å². The minimum Gasteiger partial charge on any atom is -0.388 e. The summed E-state index contributed by atoms with van der Waals surface area (Å²) >= 11 is 0. The van der Waals surface area contributed by atoms with Gasteiger partial charge in [-0.1, -0.05) is 38.5 Å². The first-order chi connectivity index (χ1) is 9.58. The van der Waals surface area contributed by atoms with E-state index in [1.807, 2.05) is 7.05 Å². The zero-order valence-electron chi connectivity index (χ0n) is 12.8. The molecule has 0 bridgehead atoms. The molecule has 0 aromatic carbocycles. The van der Waals surface area contributed by atoms with Crippen LogP contribution in [-0.2, 0) is 4.79 Å². The van der Waals surface area contributed by atoms with Crippen molar-refractivity contribution in [2.75, 3.05) is 13.6 Å². The summed E-state index contributed by atoms with van der Waals surface area (Å²) in [7, 11) is 1.97. The van der Waals surface area contributed by atoms with Gasteiger partial charge >= 0.3 is 0 Å². The van der Waals surface area contributed by atoms with Gasteiger partial charge in [0.25, 0.3) is 0 Å². The molecule has 0 atom stereocenters. The van der Waals surface area contributed by atoms with Crippen molar-refractivity contribution in [2.45, 2.75) is 81.8 Å². The topological polar surface area (TPSA) is 61.4 Å². The Morgan fingerprint density at radius 3 is 2.10 bits per heavy atom. The largest absolute Gasteiger partial charge is 0.388 e. The average molecular weight is 282 g/mol. The van der Waals surface area contributed by atoms with Gasteiger partial charge in [0, 0.05) is 18.5 Å². The molecule has 20 heavy (non-hydrogen) atoms. The number of hydrogen-bond donors (Lipinski definition) is 3. The van der Waals surface area contributed by atoms with Gasteiger partial charge in [0.2, 0.25) is 5.91 Å². The first-order valence-corrected chi connectivity index (χ1v) is 8.26. The molecular formula is C16H30N2O2. The second kappa shape index (κ2) is 6.90. The molecular weight excluding hydrogens is 252 g/mol. The Morgan fingerprint density at radius 1 is 1.00 bits per heavy atom. The molecule has 0 aromatic rings. The molecule has 1 amide bonds. The number of carbonyl (C=O) groups excluding carboxylic acids is 1. The lowest BCUT2D eigenvalue weighted by atomic mass is 9.79. The highest BCUT2D eigenvalue weighted by atomic mass is 16.3. The molecule has 116 valence electrons. The van der Waals surface area contributed by atoms with Gasteiger partial charge in [0.15, 0.2) is 0 Å². The van der Waals surface area contributed by atoms with E-state index in [1.54, 1.807) is 0 Å². The van der Waals surface area contributed by atoms with Gasteiger partial charge in [-0.25, -0.2) is 0 Å². The molecule has 2 saturated carbocycles. The SMILES string of the molecule is CNC1(CC(=O)NCC2(O)CCCCC2)CCCCC1. The summed E-state index contributed by atoms with van der Waals surface area (Å²) in [5.41, 5.74) is -0.676. The molecule has 0 aromatic heterocycles. The highest BCUT2D eigenvalue weighted by Gasteiger charge is 2.34. The van der Waals surface area contributed by atoms with E-state index in [-0.39, 0.29) is 11.4 Å². The Bertz CT molecular complexity index is 318. The molecule has 3 N–H and O–H groups in total. The monoisotopic (exact) mass is 282 g/mol. The average Bonchev–Trinajstić information content (AvgIpc) is 2.47. The standard InChI is InChI=1S/C16H30N2O2/c1-17-15(8-4-2-5-9-15)12-14(19)18-13-16(20)10-6-3-7-11-16/h17,20H,2-13H2,1H3,(H,18,19). The molecule has 0 radical (unpaired) electrons. The van der Waals surface area contributed by atoms with Crippen LogP contribution < -0.4 is 10.6 Å². The normalized spacial score (nSPS) is 25.1. The number of amides is 1. The Balaban J connectivity index is 1.79. The molecule has 0 aliphatic heterocycles. The van der Waals surface area contributed by atoms with E-state index < -0.39 is 5.60 Å². The summed E-state index contributed by atoms with van der Waals surface area (Å²) in [5, 5.41) is 16.8. The van der Waals surface area contributed by atoms with Crippen LogP contribution in [0.5, 0.6) is 0 Å². The molecule has 2 aliphatic carbocycles. The third-order valence-electron chi connectivity index (χ3n) is 5.24. The highest BCUT2D eigenvalue weighted by Crippen LogP contribution is 2.31. The van der Waals surface area contributed by atoms with E-state index in [0.29, 0.717) is 13.0 Å². The molecule has 4 heteroatoms. The Labute approximate surface area is 122 Å². The van der Waals surface area contributed by atoms with Crippen molar-refractivity contribution in [2.24, 2.45) is 0 Å². The molecule has 2 rings (SSSR count). The fourth-order valence-electron chi connectivity index (χ4n) is 3.76.